The molecule has 0 amide bonds. The molecule has 1 aromatic rings. The Morgan fingerprint density at radius 2 is 2.21 bits per heavy atom. The maximum Gasteiger partial charge on any atom is 0.153 e. The largest absolute Gasteiger partial charge is 0.298 e. The highest BCUT2D eigenvalue weighted by Crippen LogP contribution is 2.38. The molecule has 0 aliphatic heterocycles. The van der Waals surface area contributed by atoms with Gasteiger partial charge in [-0.15, -0.1) is 0 Å². The highest BCUT2D eigenvalue weighted by Gasteiger charge is 2.34. The lowest BCUT2D eigenvalue weighted by molar-refractivity contribution is -0.119. The Labute approximate surface area is 90.4 Å². The molecule has 14 heavy (non-hydrogen) atoms. The van der Waals surface area contributed by atoms with Crippen LogP contribution in [0.4, 0.5) is 4.39 Å². The molecule has 0 heterocycles. The quantitative estimate of drug-likeness (QED) is 0.759. The predicted octanol–water partition coefficient (Wildman–Crippen LogP) is 3.24. The number of hydrogen-bond acceptors (Lipinski definition) is 1. The van der Waals surface area contributed by atoms with Crippen LogP contribution < -0.4 is 0 Å². The number of hydrogen-bond donors (Lipinski definition) is 0. The van der Waals surface area contributed by atoms with E-state index in [-0.39, 0.29) is 22.3 Å². The van der Waals surface area contributed by atoms with Gasteiger partial charge in [-0.3, -0.25) is 4.79 Å². The molecule has 0 N–H and O–H groups in total. The Bertz CT molecular complexity index is 360. The monoisotopic (exact) mass is 256 g/mol. The molecule has 1 aliphatic rings. The van der Waals surface area contributed by atoms with E-state index in [1.807, 2.05) is 0 Å². The van der Waals surface area contributed by atoms with Crippen LogP contribution in [0.3, 0.4) is 0 Å². The van der Waals surface area contributed by atoms with Crippen molar-refractivity contribution in [3.63, 3.8) is 0 Å². The summed E-state index contributed by atoms with van der Waals surface area (Å²) in [6.07, 6.45) is 1.96. The van der Waals surface area contributed by atoms with Gasteiger partial charge in [0.2, 0.25) is 0 Å². The molecule has 0 saturated heterocycles. The Hall–Kier alpha value is -0.700. The van der Waals surface area contributed by atoms with E-state index in [0.29, 0.717) is 5.56 Å². The molecular weight excluding hydrogens is 247 g/mol. The van der Waals surface area contributed by atoms with Gasteiger partial charge < -0.3 is 0 Å². The first-order chi connectivity index (χ1) is 6.68. The molecule has 1 aliphatic carbocycles. The zero-order chi connectivity index (χ0) is 10.1. The van der Waals surface area contributed by atoms with Crippen molar-refractivity contribution in [2.75, 3.05) is 0 Å². The number of rotatable bonds is 3. The second-order valence-electron chi connectivity index (χ2n) is 3.59. The number of Topliss-reactive ketones (excluding diaryl/α,β-unsaturated/α-hetero) is 1. The van der Waals surface area contributed by atoms with Gasteiger partial charge in [-0.1, -0.05) is 28.1 Å². The average Bonchev–Trinajstić information content (AvgIpc) is 2.99. The summed E-state index contributed by atoms with van der Waals surface area (Å²) in [5.41, 5.74) is 0.710. The van der Waals surface area contributed by atoms with Gasteiger partial charge in [0, 0.05) is 5.92 Å². The molecule has 0 spiro atoms. The summed E-state index contributed by atoms with van der Waals surface area (Å²) in [5.74, 6) is 0.0776. The van der Waals surface area contributed by atoms with E-state index in [1.165, 1.54) is 12.1 Å². The van der Waals surface area contributed by atoms with Crippen molar-refractivity contribution in [2.45, 2.75) is 17.7 Å². The fourth-order valence-corrected chi connectivity index (χ4v) is 2.06. The van der Waals surface area contributed by atoms with Gasteiger partial charge in [0.25, 0.3) is 0 Å². The van der Waals surface area contributed by atoms with Crippen LogP contribution >= 0.6 is 15.9 Å². The molecule has 1 aromatic carbocycles. The van der Waals surface area contributed by atoms with Crippen molar-refractivity contribution < 1.29 is 9.18 Å². The van der Waals surface area contributed by atoms with E-state index in [1.54, 1.807) is 12.1 Å². The highest BCUT2D eigenvalue weighted by molar-refractivity contribution is 9.09. The van der Waals surface area contributed by atoms with Crippen LogP contribution in [-0.4, -0.2) is 5.78 Å². The van der Waals surface area contributed by atoms with Gasteiger partial charge in [0.1, 0.15) is 5.82 Å². The standard InChI is InChI=1S/C11H10BrFO/c12-10(11(14)7-4-5-7)8-2-1-3-9(13)6-8/h1-3,6-7,10H,4-5H2/t10-/m0/s1. The second kappa shape index (κ2) is 3.81. The maximum absolute atomic E-state index is 12.9. The van der Waals surface area contributed by atoms with Crippen molar-refractivity contribution in [2.24, 2.45) is 5.92 Å². The Balaban J connectivity index is 2.17. The average molecular weight is 257 g/mol. The summed E-state index contributed by atoms with van der Waals surface area (Å²) in [5, 5.41) is 0. The Kier molecular flexibility index (Phi) is 2.68. The molecular formula is C11H10BrFO. The lowest BCUT2D eigenvalue weighted by Crippen LogP contribution is -2.08. The van der Waals surface area contributed by atoms with Crippen LogP contribution in [0.1, 0.15) is 23.2 Å². The Morgan fingerprint density at radius 1 is 1.50 bits per heavy atom. The minimum Gasteiger partial charge on any atom is -0.298 e. The Morgan fingerprint density at radius 3 is 2.79 bits per heavy atom. The lowest BCUT2D eigenvalue weighted by atomic mass is 10.1. The first-order valence-electron chi connectivity index (χ1n) is 4.62. The maximum atomic E-state index is 12.9. The highest BCUT2D eigenvalue weighted by atomic mass is 79.9. The molecule has 3 heteroatoms. The van der Waals surface area contributed by atoms with Gasteiger partial charge in [0.05, 0.1) is 4.83 Å². The summed E-state index contributed by atoms with van der Waals surface area (Å²) in [4.78, 5) is 11.3. The third kappa shape index (κ3) is 2.03. The zero-order valence-corrected chi connectivity index (χ0v) is 9.13. The summed E-state index contributed by atoms with van der Waals surface area (Å²) in [6, 6.07) is 6.17. The van der Waals surface area contributed by atoms with Crippen LogP contribution in [0.15, 0.2) is 24.3 Å². The second-order valence-corrected chi connectivity index (χ2v) is 4.51. The molecule has 1 saturated carbocycles. The topological polar surface area (TPSA) is 17.1 Å². The van der Waals surface area contributed by atoms with E-state index < -0.39 is 0 Å². The van der Waals surface area contributed by atoms with Crippen molar-refractivity contribution in [3.8, 4) is 0 Å². The van der Waals surface area contributed by atoms with Crippen LogP contribution in [0.2, 0.25) is 0 Å². The minimum absolute atomic E-state index is 0.176. The first kappa shape index (κ1) is 9.84. The molecule has 1 atom stereocenters. The SMILES string of the molecule is O=C(C1CC1)[C@@H](Br)c1cccc(F)c1. The van der Waals surface area contributed by atoms with Gasteiger partial charge in [-0.25, -0.2) is 4.39 Å². The van der Waals surface area contributed by atoms with Gasteiger partial charge in [-0.2, -0.15) is 0 Å². The zero-order valence-electron chi connectivity index (χ0n) is 7.54. The van der Waals surface area contributed by atoms with E-state index in [0.717, 1.165) is 12.8 Å². The minimum atomic E-state index is -0.342. The van der Waals surface area contributed by atoms with Crippen molar-refractivity contribution in [1.29, 1.82) is 0 Å². The number of carbonyl (C=O) groups excluding carboxylic acids is 1. The molecule has 0 bridgehead atoms. The van der Waals surface area contributed by atoms with E-state index in [2.05, 4.69) is 15.9 Å². The molecule has 1 nitrogen and oxygen atoms in total. The summed E-state index contributed by atoms with van der Waals surface area (Å²) < 4.78 is 12.9. The number of alkyl halides is 1. The number of benzene rings is 1. The van der Waals surface area contributed by atoms with Gasteiger partial charge in [0.15, 0.2) is 5.78 Å². The molecule has 0 aromatic heterocycles. The molecule has 74 valence electrons. The van der Waals surface area contributed by atoms with Crippen molar-refractivity contribution in [1.82, 2.24) is 0 Å². The fraction of sp³-hybridized carbons (Fsp3) is 0.364. The van der Waals surface area contributed by atoms with Crippen LogP contribution in [0.5, 0.6) is 0 Å². The van der Waals surface area contributed by atoms with Crippen LogP contribution in [-0.2, 0) is 4.79 Å². The summed E-state index contributed by atoms with van der Waals surface area (Å²) in [6.45, 7) is 0. The van der Waals surface area contributed by atoms with Gasteiger partial charge in [-0.05, 0) is 30.5 Å². The third-order valence-electron chi connectivity index (χ3n) is 2.37. The molecule has 0 radical (unpaired) electrons. The van der Waals surface area contributed by atoms with E-state index >= 15 is 0 Å². The number of ketones is 1. The van der Waals surface area contributed by atoms with Gasteiger partial charge >= 0.3 is 0 Å². The van der Waals surface area contributed by atoms with E-state index in [9.17, 15) is 9.18 Å². The smallest absolute Gasteiger partial charge is 0.153 e. The summed E-state index contributed by atoms with van der Waals surface area (Å²) in [7, 11) is 0. The summed E-state index contributed by atoms with van der Waals surface area (Å²) >= 11 is 3.31. The van der Waals surface area contributed by atoms with Crippen molar-refractivity contribution >= 4 is 21.7 Å². The molecule has 1 fully saturated rings. The lowest BCUT2D eigenvalue weighted by Gasteiger charge is -2.07. The molecule has 0 unspecified atom stereocenters. The van der Waals surface area contributed by atoms with Crippen LogP contribution in [0, 0.1) is 11.7 Å². The normalized spacial score (nSPS) is 17.9. The van der Waals surface area contributed by atoms with Crippen molar-refractivity contribution in [3.05, 3.63) is 35.6 Å². The number of carbonyl (C=O) groups is 1. The third-order valence-corrected chi connectivity index (χ3v) is 3.35. The van der Waals surface area contributed by atoms with E-state index in [4.69, 9.17) is 0 Å². The molecule has 2 rings (SSSR count). The first-order valence-corrected chi connectivity index (χ1v) is 5.53. The number of halogens is 2. The van der Waals surface area contributed by atoms with Crippen LogP contribution in [0.25, 0.3) is 0 Å². The fourth-order valence-electron chi connectivity index (χ4n) is 1.40. The predicted molar refractivity (Wildman–Crippen MR) is 55.8 cm³/mol.